The van der Waals surface area contributed by atoms with Crippen LogP contribution in [0.4, 0.5) is 10.1 Å². The quantitative estimate of drug-likeness (QED) is 0.185. The van der Waals surface area contributed by atoms with Crippen molar-refractivity contribution < 1.29 is 23.5 Å². The molecule has 1 heterocycles. The van der Waals surface area contributed by atoms with E-state index in [2.05, 4.69) is 5.32 Å². The molecule has 0 spiro atoms. The number of carbonyl (C=O) groups excluding carboxylic acids is 2. The number of ether oxygens (including phenoxy) is 2. The summed E-state index contributed by atoms with van der Waals surface area (Å²) in [4.78, 5) is 29.3. The van der Waals surface area contributed by atoms with Gasteiger partial charge in [-0.2, -0.15) is 0 Å². The second kappa shape index (κ2) is 13.7. The van der Waals surface area contributed by atoms with Crippen LogP contribution in [0, 0.1) is 5.82 Å². The molecule has 9 heteroatoms. The fourth-order valence-electron chi connectivity index (χ4n) is 5.77. The highest BCUT2D eigenvalue weighted by Gasteiger charge is 2.38. The molecule has 1 aliphatic rings. The summed E-state index contributed by atoms with van der Waals surface area (Å²) < 4.78 is 26.2. The van der Waals surface area contributed by atoms with E-state index in [1.165, 1.54) is 6.07 Å². The molecule has 46 heavy (non-hydrogen) atoms. The summed E-state index contributed by atoms with van der Waals surface area (Å²) in [5, 5.41) is 5.23. The molecule has 6 rings (SSSR count). The van der Waals surface area contributed by atoms with Crippen molar-refractivity contribution >= 4 is 39.9 Å². The molecule has 0 aliphatic carbocycles. The molecule has 0 fully saturated rings. The van der Waals surface area contributed by atoms with E-state index in [4.69, 9.17) is 26.8 Å². The van der Waals surface area contributed by atoms with Gasteiger partial charge in [-0.25, -0.2) is 4.39 Å². The summed E-state index contributed by atoms with van der Waals surface area (Å²) >= 11 is 6.52. The van der Waals surface area contributed by atoms with Crippen LogP contribution in [-0.2, 0) is 34.0 Å². The Labute approximate surface area is 271 Å². The Kier molecular flexibility index (Phi) is 9.30. The topological polar surface area (TPSA) is 93.9 Å². The molecule has 5 aromatic rings. The van der Waals surface area contributed by atoms with E-state index in [0.717, 1.165) is 33.2 Å². The molecular weight excluding hydrogens is 605 g/mol. The largest absolute Gasteiger partial charge is 0.497 e. The number of nitrogens with zero attached hydrogens (tertiary/aromatic N) is 1. The second-order valence-corrected chi connectivity index (χ2v) is 11.6. The summed E-state index contributed by atoms with van der Waals surface area (Å²) in [5.41, 5.74) is 10.2. The first-order chi connectivity index (χ1) is 22.3. The lowest BCUT2D eigenvalue weighted by Gasteiger charge is -2.25. The van der Waals surface area contributed by atoms with Crippen LogP contribution >= 0.6 is 11.6 Å². The third kappa shape index (κ3) is 6.74. The van der Waals surface area contributed by atoms with Crippen LogP contribution in [0.3, 0.4) is 0 Å². The molecule has 0 aromatic heterocycles. The van der Waals surface area contributed by atoms with E-state index >= 15 is 0 Å². The zero-order valence-electron chi connectivity index (χ0n) is 25.2. The minimum Gasteiger partial charge on any atom is -0.497 e. The van der Waals surface area contributed by atoms with Crippen molar-refractivity contribution in [2.75, 3.05) is 12.0 Å². The van der Waals surface area contributed by atoms with Gasteiger partial charge in [-0.3, -0.25) is 9.59 Å². The standard InChI is InChI=1S/C37H33ClFN3O4/c1-45-30-13-11-25-16-24(9-10-26(25)17-30)22-42-33-14-12-29(38)18-31(33)36(27-7-4-5-23(15-27)20-40)46-34(37(42)44)19-35(43)41-21-28-6-2-3-8-32(28)39/h2-18,34,36H,19-22,40H2,1H3,(H,41,43). The minimum absolute atomic E-state index is 0.0180. The van der Waals surface area contributed by atoms with Crippen molar-refractivity contribution in [3.05, 3.63) is 142 Å². The fourth-order valence-corrected chi connectivity index (χ4v) is 5.95. The molecule has 0 saturated heterocycles. The van der Waals surface area contributed by atoms with Crippen LogP contribution in [0.5, 0.6) is 5.75 Å². The Morgan fingerprint density at radius 1 is 0.957 bits per heavy atom. The lowest BCUT2D eigenvalue weighted by Crippen LogP contribution is -2.41. The van der Waals surface area contributed by atoms with Crippen molar-refractivity contribution in [2.45, 2.75) is 38.3 Å². The van der Waals surface area contributed by atoms with Crippen LogP contribution in [-0.4, -0.2) is 25.0 Å². The van der Waals surface area contributed by atoms with Gasteiger partial charge in [-0.05, 0) is 69.9 Å². The predicted molar refractivity (Wildman–Crippen MR) is 177 cm³/mol. The molecule has 2 unspecified atom stereocenters. The summed E-state index contributed by atoms with van der Waals surface area (Å²) in [6.45, 7) is 0.529. The Bertz CT molecular complexity index is 1920. The Morgan fingerprint density at radius 3 is 2.57 bits per heavy atom. The normalized spacial score (nSPS) is 16.2. The van der Waals surface area contributed by atoms with Crippen LogP contribution in [0.25, 0.3) is 10.8 Å². The Morgan fingerprint density at radius 2 is 1.76 bits per heavy atom. The molecule has 2 amide bonds. The first kappa shape index (κ1) is 31.2. The zero-order valence-corrected chi connectivity index (χ0v) is 26.0. The van der Waals surface area contributed by atoms with E-state index in [1.807, 2.05) is 66.7 Å². The number of carbonyl (C=O) groups is 2. The molecule has 0 bridgehead atoms. The number of fused-ring (bicyclic) bond motifs is 2. The van der Waals surface area contributed by atoms with Gasteiger partial charge >= 0.3 is 0 Å². The van der Waals surface area contributed by atoms with E-state index in [9.17, 15) is 14.0 Å². The highest BCUT2D eigenvalue weighted by molar-refractivity contribution is 6.30. The molecule has 5 aromatic carbocycles. The highest BCUT2D eigenvalue weighted by atomic mass is 35.5. The maximum Gasteiger partial charge on any atom is 0.257 e. The monoisotopic (exact) mass is 637 g/mol. The second-order valence-electron chi connectivity index (χ2n) is 11.2. The number of nitrogens with two attached hydrogens (primary N) is 1. The van der Waals surface area contributed by atoms with E-state index in [1.54, 1.807) is 42.3 Å². The molecule has 2 atom stereocenters. The van der Waals surface area contributed by atoms with Gasteiger partial charge < -0.3 is 25.4 Å². The van der Waals surface area contributed by atoms with Gasteiger partial charge in [-0.1, -0.05) is 72.3 Å². The molecule has 234 valence electrons. The minimum atomic E-state index is -1.15. The van der Waals surface area contributed by atoms with Crippen LogP contribution in [0.2, 0.25) is 5.02 Å². The summed E-state index contributed by atoms with van der Waals surface area (Å²) in [6, 6.07) is 31.0. The number of benzene rings is 5. The lowest BCUT2D eigenvalue weighted by molar-refractivity contribution is -0.138. The van der Waals surface area contributed by atoms with Crippen molar-refractivity contribution in [1.82, 2.24) is 5.32 Å². The van der Waals surface area contributed by atoms with Gasteiger partial charge in [0.05, 0.1) is 25.8 Å². The molecule has 3 N–H and O–H groups in total. The van der Waals surface area contributed by atoms with E-state index in [0.29, 0.717) is 28.4 Å². The van der Waals surface area contributed by atoms with Crippen molar-refractivity contribution in [3.63, 3.8) is 0 Å². The first-order valence-corrected chi connectivity index (χ1v) is 15.3. The summed E-state index contributed by atoms with van der Waals surface area (Å²) in [6.07, 6.45) is -2.14. The number of nitrogens with one attached hydrogen (secondary N) is 1. The SMILES string of the molecule is COc1ccc2cc(CN3C(=O)C(CC(=O)NCc4ccccc4F)OC(c4cccc(CN)c4)c4cc(Cl)ccc43)ccc2c1. The van der Waals surface area contributed by atoms with Gasteiger partial charge in [0, 0.05) is 29.2 Å². The smallest absolute Gasteiger partial charge is 0.257 e. The highest BCUT2D eigenvalue weighted by Crippen LogP contribution is 2.41. The predicted octanol–water partition coefficient (Wildman–Crippen LogP) is 6.83. The van der Waals surface area contributed by atoms with Crippen molar-refractivity contribution in [2.24, 2.45) is 5.73 Å². The Hall–Kier alpha value is -4.76. The van der Waals surface area contributed by atoms with E-state index < -0.39 is 23.9 Å². The third-order valence-corrected chi connectivity index (χ3v) is 8.39. The van der Waals surface area contributed by atoms with Gasteiger partial charge in [0.15, 0.2) is 0 Å². The van der Waals surface area contributed by atoms with Crippen LogP contribution < -0.4 is 20.7 Å². The number of amides is 2. The number of methoxy groups -OCH3 is 1. The molecule has 0 radical (unpaired) electrons. The van der Waals surface area contributed by atoms with E-state index in [-0.39, 0.29) is 25.4 Å². The zero-order chi connectivity index (χ0) is 32.2. The molecule has 0 saturated carbocycles. The number of halogens is 2. The summed E-state index contributed by atoms with van der Waals surface area (Å²) in [7, 11) is 1.63. The van der Waals surface area contributed by atoms with Crippen LogP contribution in [0.15, 0.2) is 103 Å². The molecular formula is C37H33ClFN3O4. The fraction of sp³-hybridized carbons (Fsp3) is 0.189. The third-order valence-electron chi connectivity index (χ3n) is 8.15. The maximum atomic E-state index is 14.4. The first-order valence-electron chi connectivity index (χ1n) is 14.9. The lowest BCUT2D eigenvalue weighted by atomic mass is 9.97. The number of anilines is 1. The van der Waals surface area contributed by atoms with Gasteiger partial charge in [-0.15, -0.1) is 0 Å². The van der Waals surface area contributed by atoms with Gasteiger partial charge in [0.1, 0.15) is 23.8 Å². The average molecular weight is 638 g/mol. The number of rotatable bonds is 9. The van der Waals surface area contributed by atoms with Crippen molar-refractivity contribution in [1.29, 1.82) is 0 Å². The van der Waals surface area contributed by atoms with Crippen molar-refractivity contribution in [3.8, 4) is 5.75 Å². The number of hydrogen-bond donors (Lipinski definition) is 2. The van der Waals surface area contributed by atoms with Gasteiger partial charge in [0.25, 0.3) is 5.91 Å². The molecule has 7 nitrogen and oxygen atoms in total. The average Bonchev–Trinajstić information content (AvgIpc) is 3.18. The molecule has 1 aliphatic heterocycles. The summed E-state index contributed by atoms with van der Waals surface area (Å²) in [5.74, 6) is -0.486. The number of hydrogen-bond acceptors (Lipinski definition) is 5. The Balaban J connectivity index is 1.37. The maximum absolute atomic E-state index is 14.4. The van der Waals surface area contributed by atoms with Gasteiger partial charge in [0.2, 0.25) is 5.91 Å². The van der Waals surface area contributed by atoms with Crippen LogP contribution in [0.1, 0.15) is 40.3 Å².